The maximum absolute atomic E-state index is 11.5. The van der Waals surface area contributed by atoms with Gasteiger partial charge in [-0.2, -0.15) is 0 Å². The highest BCUT2D eigenvalue weighted by molar-refractivity contribution is 7.80. The van der Waals surface area contributed by atoms with Crippen molar-refractivity contribution in [1.82, 2.24) is 0 Å². The number of nitrogens with two attached hydrogens (primary N) is 1. The van der Waals surface area contributed by atoms with Gasteiger partial charge < -0.3 is 15.2 Å². The van der Waals surface area contributed by atoms with Crippen molar-refractivity contribution in [3.63, 3.8) is 0 Å². The fourth-order valence-corrected chi connectivity index (χ4v) is 1.45. The van der Waals surface area contributed by atoms with Gasteiger partial charge >= 0.3 is 5.97 Å². The van der Waals surface area contributed by atoms with E-state index in [-0.39, 0.29) is 12.6 Å². The number of carbonyl (C=O) groups is 1. The van der Waals surface area contributed by atoms with Crippen LogP contribution in [-0.4, -0.2) is 24.7 Å². The van der Waals surface area contributed by atoms with Crippen LogP contribution in [0.3, 0.4) is 0 Å². The van der Waals surface area contributed by atoms with Gasteiger partial charge in [0.25, 0.3) is 0 Å². The van der Waals surface area contributed by atoms with Gasteiger partial charge in [-0.25, -0.2) is 0 Å². The van der Waals surface area contributed by atoms with Crippen molar-refractivity contribution in [1.29, 1.82) is 0 Å². The van der Waals surface area contributed by atoms with Gasteiger partial charge in [-0.05, 0) is 38.1 Å². The molecule has 2 N–H and O–H groups in total. The molecular weight excluding hydrogens is 250 g/mol. The molecule has 0 saturated carbocycles. The first-order valence-corrected chi connectivity index (χ1v) is 5.89. The zero-order valence-corrected chi connectivity index (χ0v) is 11.5. The maximum Gasteiger partial charge on any atom is 0.314 e. The van der Waals surface area contributed by atoms with Crippen LogP contribution in [0.1, 0.15) is 19.4 Å². The standard InChI is InChI=1S/C13H17NO3S/c1-13(2,12(15)16-3)8-17-10-6-4-9(5-7-10)11(14)18/h4-7H,8H2,1-3H3,(H2,14,18). The van der Waals surface area contributed by atoms with Crippen LogP contribution in [0, 0.1) is 5.41 Å². The third kappa shape index (κ3) is 3.70. The molecular formula is C13H17NO3S. The molecule has 0 aromatic heterocycles. The monoisotopic (exact) mass is 267 g/mol. The quantitative estimate of drug-likeness (QED) is 0.652. The normalized spacial score (nSPS) is 10.8. The van der Waals surface area contributed by atoms with Crippen molar-refractivity contribution in [3.05, 3.63) is 29.8 Å². The Morgan fingerprint density at radius 2 is 1.89 bits per heavy atom. The molecule has 1 aromatic rings. The van der Waals surface area contributed by atoms with E-state index in [9.17, 15) is 4.79 Å². The predicted octanol–water partition coefficient (Wildman–Crippen LogP) is 1.90. The summed E-state index contributed by atoms with van der Waals surface area (Å²) in [4.78, 5) is 11.8. The molecule has 18 heavy (non-hydrogen) atoms. The van der Waals surface area contributed by atoms with Crippen molar-refractivity contribution < 1.29 is 14.3 Å². The molecule has 0 spiro atoms. The van der Waals surface area contributed by atoms with Crippen LogP contribution in [0.4, 0.5) is 0 Å². The van der Waals surface area contributed by atoms with Gasteiger partial charge in [0, 0.05) is 5.56 Å². The Labute approximate surface area is 112 Å². The summed E-state index contributed by atoms with van der Waals surface area (Å²) in [6.45, 7) is 3.77. The van der Waals surface area contributed by atoms with Gasteiger partial charge in [0.2, 0.25) is 0 Å². The lowest BCUT2D eigenvalue weighted by molar-refractivity contribution is -0.152. The highest BCUT2D eigenvalue weighted by Crippen LogP contribution is 2.20. The van der Waals surface area contributed by atoms with Gasteiger partial charge in [0.15, 0.2) is 0 Å². The summed E-state index contributed by atoms with van der Waals surface area (Å²) in [7, 11) is 1.36. The van der Waals surface area contributed by atoms with E-state index < -0.39 is 5.41 Å². The molecule has 0 atom stereocenters. The number of thiocarbonyl (C=S) groups is 1. The maximum atomic E-state index is 11.5. The smallest absolute Gasteiger partial charge is 0.314 e. The molecule has 0 aliphatic heterocycles. The Morgan fingerprint density at radius 1 is 1.33 bits per heavy atom. The lowest BCUT2D eigenvalue weighted by atomic mass is 9.95. The molecule has 0 fully saturated rings. The van der Waals surface area contributed by atoms with Crippen LogP contribution >= 0.6 is 12.2 Å². The van der Waals surface area contributed by atoms with Crippen molar-refractivity contribution in [2.24, 2.45) is 11.1 Å². The van der Waals surface area contributed by atoms with E-state index in [2.05, 4.69) is 0 Å². The number of hydrogen-bond donors (Lipinski definition) is 1. The van der Waals surface area contributed by atoms with Crippen LogP contribution < -0.4 is 10.5 Å². The Hall–Kier alpha value is -1.62. The number of carbonyl (C=O) groups excluding carboxylic acids is 1. The first kappa shape index (κ1) is 14.4. The van der Waals surface area contributed by atoms with Crippen LogP contribution in [0.2, 0.25) is 0 Å². The molecule has 4 nitrogen and oxygen atoms in total. The minimum atomic E-state index is -0.684. The molecule has 0 radical (unpaired) electrons. The van der Waals surface area contributed by atoms with Crippen molar-refractivity contribution in [3.8, 4) is 5.75 Å². The molecule has 0 heterocycles. The number of hydrogen-bond acceptors (Lipinski definition) is 4. The second kappa shape index (κ2) is 5.82. The summed E-state index contributed by atoms with van der Waals surface area (Å²) in [5, 5.41) is 0. The molecule has 98 valence electrons. The van der Waals surface area contributed by atoms with Crippen LogP contribution in [0.15, 0.2) is 24.3 Å². The Balaban J connectivity index is 2.64. The average molecular weight is 267 g/mol. The number of benzene rings is 1. The lowest BCUT2D eigenvalue weighted by Gasteiger charge is -2.21. The lowest BCUT2D eigenvalue weighted by Crippen LogP contribution is -2.32. The second-order valence-electron chi connectivity index (χ2n) is 4.55. The first-order valence-electron chi connectivity index (χ1n) is 5.48. The summed E-state index contributed by atoms with van der Waals surface area (Å²) in [5.41, 5.74) is 5.59. The van der Waals surface area contributed by atoms with E-state index in [0.717, 1.165) is 5.56 Å². The van der Waals surface area contributed by atoms with E-state index in [0.29, 0.717) is 10.7 Å². The van der Waals surface area contributed by atoms with Gasteiger partial charge in [-0.1, -0.05) is 12.2 Å². The third-order valence-corrected chi connectivity index (χ3v) is 2.71. The number of ether oxygens (including phenoxy) is 2. The van der Waals surface area contributed by atoms with Crippen LogP contribution in [0.5, 0.6) is 5.75 Å². The van der Waals surface area contributed by atoms with Crippen molar-refractivity contribution in [2.45, 2.75) is 13.8 Å². The molecule has 0 unspecified atom stereocenters. The molecule has 1 rings (SSSR count). The molecule has 0 saturated heterocycles. The largest absolute Gasteiger partial charge is 0.492 e. The van der Waals surface area contributed by atoms with Gasteiger partial charge in [-0.3, -0.25) is 4.79 Å². The van der Waals surface area contributed by atoms with E-state index in [1.54, 1.807) is 38.1 Å². The van der Waals surface area contributed by atoms with Gasteiger partial charge in [0.1, 0.15) is 17.3 Å². The SMILES string of the molecule is COC(=O)C(C)(C)COc1ccc(C(N)=S)cc1. The third-order valence-electron chi connectivity index (χ3n) is 2.48. The van der Waals surface area contributed by atoms with E-state index in [1.807, 2.05) is 0 Å². The highest BCUT2D eigenvalue weighted by Gasteiger charge is 2.29. The molecule has 0 aliphatic carbocycles. The summed E-state index contributed by atoms with van der Waals surface area (Å²) in [6.07, 6.45) is 0. The number of esters is 1. The fraction of sp³-hybridized carbons (Fsp3) is 0.385. The Morgan fingerprint density at radius 3 is 2.33 bits per heavy atom. The first-order chi connectivity index (χ1) is 8.36. The van der Waals surface area contributed by atoms with Crippen molar-refractivity contribution >= 4 is 23.2 Å². The summed E-state index contributed by atoms with van der Waals surface area (Å²) >= 11 is 4.85. The zero-order valence-electron chi connectivity index (χ0n) is 10.7. The van der Waals surface area contributed by atoms with Crippen LogP contribution in [-0.2, 0) is 9.53 Å². The van der Waals surface area contributed by atoms with E-state index in [1.165, 1.54) is 7.11 Å². The average Bonchev–Trinajstić information content (AvgIpc) is 2.35. The second-order valence-corrected chi connectivity index (χ2v) is 4.99. The molecule has 5 heteroatoms. The summed E-state index contributed by atoms with van der Waals surface area (Å²) in [5.74, 6) is 0.356. The van der Waals surface area contributed by atoms with Gasteiger partial charge in [-0.15, -0.1) is 0 Å². The summed E-state index contributed by atoms with van der Waals surface area (Å²) in [6, 6.07) is 7.09. The molecule has 0 bridgehead atoms. The van der Waals surface area contributed by atoms with Crippen LogP contribution in [0.25, 0.3) is 0 Å². The number of rotatable bonds is 5. The van der Waals surface area contributed by atoms with E-state index >= 15 is 0 Å². The van der Waals surface area contributed by atoms with Crippen molar-refractivity contribution in [2.75, 3.05) is 13.7 Å². The topological polar surface area (TPSA) is 61.5 Å². The predicted molar refractivity (Wildman–Crippen MR) is 73.6 cm³/mol. The zero-order chi connectivity index (χ0) is 13.8. The fourth-order valence-electron chi connectivity index (χ4n) is 1.31. The minimum absolute atomic E-state index is 0.242. The number of methoxy groups -OCH3 is 1. The van der Waals surface area contributed by atoms with Gasteiger partial charge in [0.05, 0.1) is 12.5 Å². The Bertz CT molecular complexity index is 440. The minimum Gasteiger partial charge on any atom is -0.492 e. The highest BCUT2D eigenvalue weighted by atomic mass is 32.1. The molecule has 1 aromatic carbocycles. The summed E-state index contributed by atoms with van der Waals surface area (Å²) < 4.78 is 10.2. The van der Waals surface area contributed by atoms with E-state index in [4.69, 9.17) is 27.4 Å². The Kier molecular flexibility index (Phi) is 4.67. The molecule has 0 aliphatic rings. The molecule has 0 amide bonds.